The molecule has 0 saturated carbocycles. The van der Waals surface area contributed by atoms with Crippen LogP contribution in [0.5, 0.6) is 5.88 Å². The maximum absolute atomic E-state index is 6.40. The third kappa shape index (κ3) is 4.06. The number of halogens is 1. The Bertz CT molecular complexity index is 873. The van der Waals surface area contributed by atoms with Gasteiger partial charge in [-0.05, 0) is 45.9 Å². The van der Waals surface area contributed by atoms with Crippen LogP contribution in [0.15, 0.2) is 37.2 Å². The standard InChI is InChI=1S/C17H19ClN6O/c1-11-15(20-9-21-16(11)25-17(2,3)4)23-14-6-5-12(7-13(14)18)24-10-19-8-22-24/h5-10H,1-4H3,(H,20,21,23). The van der Waals surface area contributed by atoms with E-state index in [1.54, 1.807) is 11.0 Å². The zero-order valence-electron chi connectivity index (χ0n) is 14.5. The van der Waals surface area contributed by atoms with Gasteiger partial charge in [0.05, 0.1) is 22.0 Å². The van der Waals surface area contributed by atoms with Crippen LogP contribution in [-0.4, -0.2) is 30.3 Å². The third-order valence-corrected chi connectivity index (χ3v) is 3.64. The lowest BCUT2D eigenvalue weighted by molar-refractivity contribution is 0.123. The van der Waals surface area contributed by atoms with Gasteiger partial charge in [-0.2, -0.15) is 5.10 Å². The fourth-order valence-corrected chi connectivity index (χ4v) is 2.39. The fraction of sp³-hybridized carbons (Fsp3) is 0.294. The van der Waals surface area contributed by atoms with Crippen molar-refractivity contribution in [1.29, 1.82) is 0 Å². The summed E-state index contributed by atoms with van der Waals surface area (Å²) in [5, 5.41) is 7.87. The highest BCUT2D eigenvalue weighted by molar-refractivity contribution is 6.33. The Hall–Kier alpha value is -2.67. The first kappa shape index (κ1) is 17.2. The number of hydrogen-bond acceptors (Lipinski definition) is 6. The molecule has 0 spiro atoms. The van der Waals surface area contributed by atoms with Crippen molar-refractivity contribution in [3.05, 3.63) is 47.8 Å². The zero-order valence-corrected chi connectivity index (χ0v) is 15.2. The van der Waals surface area contributed by atoms with Crippen LogP contribution in [0.25, 0.3) is 5.69 Å². The number of ether oxygens (including phenoxy) is 1. The van der Waals surface area contributed by atoms with Crippen molar-refractivity contribution < 1.29 is 4.74 Å². The fourth-order valence-electron chi connectivity index (χ4n) is 2.17. The Kier molecular flexibility index (Phi) is 4.59. The minimum atomic E-state index is -0.340. The summed E-state index contributed by atoms with van der Waals surface area (Å²) in [6.45, 7) is 7.82. The van der Waals surface area contributed by atoms with E-state index < -0.39 is 0 Å². The SMILES string of the molecule is Cc1c(Nc2ccc(-n3cncn3)cc2Cl)ncnc1OC(C)(C)C. The summed E-state index contributed by atoms with van der Waals surface area (Å²) in [7, 11) is 0. The molecule has 3 aromatic rings. The molecule has 3 rings (SSSR count). The second-order valence-electron chi connectivity index (χ2n) is 6.50. The van der Waals surface area contributed by atoms with Crippen molar-refractivity contribution in [3.63, 3.8) is 0 Å². The first-order chi connectivity index (χ1) is 11.8. The molecule has 130 valence electrons. The van der Waals surface area contributed by atoms with E-state index in [1.165, 1.54) is 12.7 Å². The van der Waals surface area contributed by atoms with Gasteiger partial charge in [-0.15, -0.1) is 0 Å². The van der Waals surface area contributed by atoms with Crippen LogP contribution in [0.3, 0.4) is 0 Å². The molecule has 0 aliphatic rings. The van der Waals surface area contributed by atoms with Crippen LogP contribution in [0.1, 0.15) is 26.3 Å². The van der Waals surface area contributed by atoms with Crippen LogP contribution >= 0.6 is 11.6 Å². The summed E-state index contributed by atoms with van der Waals surface area (Å²) in [4.78, 5) is 12.4. The van der Waals surface area contributed by atoms with E-state index in [2.05, 4.69) is 25.4 Å². The Balaban J connectivity index is 1.86. The molecule has 0 atom stereocenters. The van der Waals surface area contributed by atoms with Crippen molar-refractivity contribution in [2.45, 2.75) is 33.3 Å². The lowest BCUT2D eigenvalue weighted by Crippen LogP contribution is -2.24. The van der Waals surface area contributed by atoms with Crippen LogP contribution in [0.4, 0.5) is 11.5 Å². The molecule has 0 bridgehead atoms. The minimum absolute atomic E-state index is 0.340. The molecular weight excluding hydrogens is 340 g/mol. The van der Waals surface area contributed by atoms with Crippen molar-refractivity contribution in [2.24, 2.45) is 0 Å². The molecule has 2 aromatic heterocycles. The molecule has 1 aromatic carbocycles. The molecule has 2 heterocycles. The van der Waals surface area contributed by atoms with Crippen molar-refractivity contribution in [2.75, 3.05) is 5.32 Å². The maximum atomic E-state index is 6.40. The van der Waals surface area contributed by atoms with Gasteiger partial charge in [-0.3, -0.25) is 0 Å². The van der Waals surface area contributed by atoms with Crippen LogP contribution in [0.2, 0.25) is 5.02 Å². The second-order valence-corrected chi connectivity index (χ2v) is 6.90. The van der Waals surface area contributed by atoms with Crippen molar-refractivity contribution in [3.8, 4) is 11.6 Å². The maximum Gasteiger partial charge on any atom is 0.222 e. The highest BCUT2D eigenvalue weighted by Gasteiger charge is 2.17. The van der Waals surface area contributed by atoms with Crippen molar-refractivity contribution in [1.82, 2.24) is 24.7 Å². The molecule has 0 fully saturated rings. The molecule has 8 heteroatoms. The summed E-state index contributed by atoms with van der Waals surface area (Å²) >= 11 is 6.40. The van der Waals surface area contributed by atoms with Gasteiger partial charge >= 0.3 is 0 Å². The minimum Gasteiger partial charge on any atom is -0.472 e. The first-order valence-corrected chi connectivity index (χ1v) is 8.13. The third-order valence-electron chi connectivity index (χ3n) is 3.33. The van der Waals surface area contributed by atoms with Gasteiger partial charge in [0, 0.05) is 0 Å². The summed E-state index contributed by atoms with van der Waals surface area (Å²) in [6, 6.07) is 5.57. The molecule has 0 aliphatic carbocycles. The Morgan fingerprint density at radius 2 is 1.96 bits per heavy atom. The first-order valence-electron chi connectivity index (χ1n) is 7.76. The van der Waals surface area contributed by atoms with E-state index in [9.17, 15) is 0 Å². The molecular formula is C17H19ClN6O. The largest absolute Gasteiger partial charge is 0.472 e. The topological polar surface area (TPSA) is 77.8 Å². The van der Waals surface area contributed by atoms with Gasteiger partial charge in [0.1, 0.15) is 30.4 Å². The molecule has 25 heavy (non-hydrogen) atoms. The van der Waals surface area contributed by atoms with E-state index >= 15 is 0 Å². The highest BCUT2D eigenvalue weighted by Crippen LogP contribution is 2.30. The summed E-state index contributed by atoms with van der Waals surface area (Å²) in [6.07, 6.45) is 4.55. The predicted molar refractivity (Wildman–Crippen MR) is 96.8 cm³/mol. The molecule has 0 aliphatic heterocycles. The van der Waals surface area contributed by atoms with Crippen LogP contribution in [-0.2, 0) is 0 Å². The quantitative estimate of drug-likeness (QED) is 0.761. The van der Waals surface area contributed by atoms with Gasteiger partial charge in [-0.25, -0.2) is 19.6 Å². The van der Waals surface area contributed by atoms with E-state index in [-0.39, 0.29) is 5.60 Å². The van der Waals surface area contributed by atoms with E-state index in [0.717, 1.165) is 16.9 Å². The predicted octanol–water partition coefficient (Wildman–Crippen LogP) is 3.94. The lowest BCUT2D eigenvalue weighted by atomic mass is 10.2. The number of anilines is 2. The molecule has 0 unspecified atom stereocenters. The average molecular weight is 359 g/mol. The molecule has 0 amide bonds. The molecule has 1 N–H and O–H groups in total. The number of aromatic nitrogens is 5. The smallest absolute Gasteiger partial charge is 0.222 e. The van der Waals surface area contributed by atoms with Gasteiger partial charge in [0.2, 0.25) is 5.88 Å². The van der Waals surface area contributed by atoms with Gasteiger partial charge in [-0.1, -0.05) is 11.6 Å². The number of nitrogens with one attached hydrogen (secondary N) is 1. The van der Waals surface area contributed by atoms with E-state index in [0.29, 0.717) is 16.7 Å². The Morgan fingerprint density at radius 1 is 1.16 bits per heavy atom. The second kappa shape index (κ2) is 6.68. The highest BCUT2D eigenvalue weighted by atomic mass is 35.5. The number of benzene rings is 1. The van der Waals surface area contributed by atoms with E-state index in [1.807, 2.05) is 45.9 Å². The summed E-state index contributed by atoms with van der Waals surface area (Å²) in [5.74, 6) is 1.19. The number of nitrogens with zero attached hydrogens (tertiary/aromatic N) is 5. The van der Waals surface area contributed by atoms with Crippen LogP contribution in [0, 0.1) is 6.92 Å². The van der Waals surface area contributed by atoms with Gasteiger partial charge in [0.25, 0.3) is 0 Å². The normalized spacial score (nSPS) is 11.4. The monoisotopic (exact) mass is 358 g/mol. The molecule has 0 saturated heterocycles. The average Bonchev–Trinajstić information content (AvgIpc) is 3.06. The zero-order chi connectivity index (χ0) is 18.0. The van der Waals surface area contributed by atoms with Gasteiger partial charge in [0.15, 0.2) is 0 Å². The van der Waals surface area contributed by atoms with E-state index in [4.69, 9.17) is 16.3 Å². The number of rotatable bonds is 4. The van der Waals surface area contributed by atoms with Gasteiger partial charge < -0.3 is 10.1 Å². The van der Waals surface area contributed by atoms with Crippen molar-refractivity contribution >= 4 is 23.1 Å². The number of hydrogen-bond donors (Lipinski definition) is 1. The Labute approximate surface area is 151 Å². The summed E-state index contributed by atoms with van der Waals surface area (Å²) < 4.78 is 7.51. The van der Waals surface area contributed by atoms with Crippen LogP contribution < -0.4 is 10.1 Å². The molecule has 0 radical (unpaired) electrons. The summed E-state index contributed by atoms with van der Waals surface area (Å²) in [5.41, 5.74) is 2.03. The molecule has 7 nitrogen and oxygen atoms in total. The Morgan fingerprint density at radius 3 is 2.60 bits per heavy atom. The lowest BCUT2D eigenvalue weighted by Gasteiger charge is -2.22.